The second-order valence-electron chi connectivity index (χ2n) is 10.4. The van der Waals surface area contributed by atoms with Crippen LogP contribution in [0.4, 0.5) is 5.69 Å². The Morgan fingerprint density at radius 2 is 1.70 bits per heavy atom. The molecule has 5 rings (SSSR count). The van der Waals surface area contributed by atoms with Gasteiger partial charge in [0.15, 0.2) is 5.76 Å². The number of amides is 1. The van der Waals surface area contributed by atoms with Crippen molar-refractivity contribution in [2.24, 2.45) is 5.41 Å². The van der Waals surface area contributed by atoms with Gasteiger partial charge in [-0.05, 0) is 66.4 Å². The Labute approximate surface area is 226 Å². The minimum atomic E-state index is -0.705. The fourth-order valence-corrected chi connectivity index (χ4v) is 5.02. The van der Waals surface area contributed by atoms with E-state index in [1.165, 1.54) is 0 Å². The van der Waals surface area contributed by atoms with Crippen molar-refractivity contribution in [1.29, 1.82) is 0 Å². The molecule has 1 saturated heterocycles. The molecule has 1 aliphatic rings. The molecule has 2 heterocycles. The quantitative estimate of drug-likeness (QED) is 0.254. The van der Waals surface area contributed by atoms with Gasteiger partial charge < -0.3 is 15.1 Å². The Balaban J connectivity index is 1.76. The Morgan fingerprint density at radius 1 is 0.973 bits per heavy atom. The zero-order valence-electron chi connectivity index (χ0n) is 21.0. The van der Waals surface area contributed by atoms with E-state index < -0.39 is 5.41 Å². The van der Waals surface area contributed by atoms with Gasteiger partial charge in [-0.25, -0.2) is 0 Å². The van der Waals surface area contributed by atoms with E-state index in [1.54, 1.807) is 0 Å². The van der Waals surface area contributed by atoms with Crippen LogP contribution >= 0.6 is 23.2 Å². The molecule has 7 heteroatoms. The molecule has 1 amide bonds. The summed E-state index contributed by atoms with van der Waals surface area (Å²) >= 11 is 12.8. The van der Waals surface area contributed by atoms with Crippen LogP contribution in [-0.2, 0) is 4.79 Å². The van der Waals surface area contributed by atoms with Gasteiger partial charge in [-0.3, -0.25) is 9.59 Å². The third-order valence-electron chi connectivity index (χ3n) is 6.66. The Kier molecular flexibility index (Phi) is 6.88. The fraction of sp³-hybridized carbons (Fsp3) is 0.267. The second kappa shape index (κ2) is 9.97. The monoisotopic (exact) mass is 534 g/mol. The summed E-state index contributed by atoms with van der Waals surface area (Å²) in [6, 6.07) is 18.7. The predicted octanol–water partition coefficient (Wildman–Crippen LogP) is 7.99. The van der Waals surface area contributed by atoms with Crippen molar-refractivity contribution in [2.75, 3.05) is 11.9 Å². The Morgan fingerprint density at radius 3 is 2.35 bits per heavy atom. The molecule has 4 aromatic rings. The molecule has 5 nitrogen and oxygen atoms in total. The molecular weight excluding hydrogens is 507 g/mol. The lowest BCUT2D eigenvalue weighted by Gasteiger charge is -2.17. The summed E-state index contributed by atoms with van der Waals surface area (Å²) in [5.41, 5.74) is 3.66. The lowest BCUT2D eigenvalue weighted by molar-refractivity contribution is -0.117. The predicted molar refractivity (Wildman–Crippen MR) is 151 cm³/mol. The van der Waals surface area contributed by atoms with Crippen LogP contribution in [0.5, 0.6) is 0 Å². The first-order chi connectivity index (χ1) is 17.6. The molecule has 0 aliphatic carbocycles. The molecule has 3 aromatic carbocycles. The number of benzene rings is 3. The van der Waals surface area contributed by atoms with Gasteiger partial charge in [0.2, 0.25) is 11.7 Å². The minimum absolute atomic E-state index is 0.146. The highest BCUT2D eigenvalue weighted by atomic mass is 35.5. The summed E-state index contributed by atoms with van der Waals surface area (Å²) in [7, 11) is 0. The summed E-state index contributed by atoms with van der Waals surface area (Å²) in [6.45, 7) is 6.29. The van der Waals surface area contributed by atoms with Crippen LogP contribution in [0.15, 0.2) is 65.1 Å². The summed E-state index contributed by atoms with van der Waals surface area (Å²) in [4.78, 5) is 26.6. The van der Waals surface area contributed by atoms with Crippen molar-refractivity contribution < 1.29 is 14.0 Å². The average molecular weight is 535 g/mol. The average Bonchev–Trinajstić information content (AvgIpc) is 3.52. The highest BCUT2D eigenvalue weighted by Gasteiger charge is 2.33. The molecule has 0 saturated carbocycles. The largest absolute Gasteiger partial charge is 0.451 e. The maximum Gasteiger partial charge on any atom is 0.241 e. The zero-order valence-corrected chi connectivity index (χ0v) is 22.5. The van der Waals surface area contributed by atoms with E-state index in [0.29, 0.717) is 26.7 Å². The van der Waals surface area contributed by atoms with Crippen molar-refractivity contribution in [2.45, 2.75) is 39.7 Å². The zero-order chi connectivity index (χ0) is 26.3. The van der Waals surface area contributed by atoms with Gasteiger partial charge in [-0.15, -0.1) is 0 Å². The number of carbonyl (C=O) groups excluding carboxylic acids is 2. The SMILES string of the molecule is CC(C)(C)C(=O)c1oc2cc(-c3ccccc3Cl)c(-c3ccc(Cl)cc3)cc2c1NC(=O)[C@@H]1CCCN1. The molecule has 0 unspecified atom stereocenters. The van der Waals surface area contributed by atoms with Gasteiger partial charge >= 0.3 is 0 Å². The van der Waals surface area contributed by atoms with Crippen LogP contribution in [0.2, 0.25) is 10.0 Å². The van der Waals surface area contributed by atoms with E-state index in [1.807, 2.05) is 81.4 Å². The molecule has 2 N–H and O–H groups in total. The molecular formula is C30H28Cl2N2O3. The number of hydrogen-bond donors (Lipinski definition) is 2. The van der Waals surface area contributed by atoms with Gasteiger partial charge in [0.05, 0.1) is 11.7 Å². The van der Waals surface area contributed by atoms with E-state index in [0.717, 1.165) is 41.6 Å². The van der Waals surface area contributed by atoms with Gasteiger partial charge in [-0.1, -0.05) is 74.3 Å². The Hall–Kier alpha value is -3.12. The summed E-state index contributed by atoms with van der Waals surface area (Å²) in [6.07, 6.45) is 1.68. The highest BCUT2D eigenvalue weighted by molar-refractivity contribution is 6.33. The van der Waals surface area contributed by atoms with Crippen LogP contribution < -0.4 is 10.6 Å². The number of rotatable bonds is 5. The highest BCUT2D eigenvalue weighted by Crippen LogP contribution is 2.43. The molecule has 1 aliphatic heterocycles. The third-order valence-corrected chi connectivity index (χ3v) is 7.24. The van der Waals surface area contributed by atoms with Crippen molar-refractivity contribution in [3.05, 3.63) is 76.5 Å². The molecule has 1 aromatic heterocycles. The van der Waals surface area contributed by atoms with Crippen molar-refractivity contribution in [3.8, 4) is 22.3 Å². The normalized spacial score (nSPS) is 15.8. The maximum absolute atomic E-state index is 13.5. The standard InChI is InChI=1S/C30H28Cl2N2O3/c1-30(2,3)28(35)27-26(34-29(36)24-9-6-14-33-24)22-15-20(17-10-12-18(31)13-11-17)21(16-25(22)37-27)19-7-4-5-8-23(19)32/h4-5,7-8,10-13,15-16,24,33H,6,9,14H2,1-3H3,(H,34,36)/t24-/m0/s1. The number of halogens is 2. The molecule has 37 heavy (non-hydrogen) atoms. The van der Waals surface area contributed by atoms with E-state index >= 15 is 0 Å². The smallest absolute Gasteiger partial charge is 0.241 e. The minimum Gasteiger partial charge on any atom is -0.451 e. The summed E-state index contributed by atoms with van der Waals surface area (Å²) in [5, 5.41) is 8.12. The second-order valence-corrected chi connectivity index (χ2v) is 11.2. The number of nitrogens with one attached hydrogen (secondary N) is 2. The molecule has 1 fully saturated rings. The first-order valence-corrected chi connectivity index (χ1v) is 13.1. The number of carbonyl (C=O) groups is 2. The number of hydrogen-bond acceptors (Lipinski definition) is 4. The van der Waals surface area contributed by atoms with E-state index in [-0.39, 0.29) is 23.5 Å². The van der Waals surface area contributed by atoms with Crippen molar-refractivity contribution in [3.63, 3.8) is 0 Å². The van der Waals surface area contributed by atoms with Crippen LogP contribution in [0, 0.1) is 5.41 Å². The number of furan rings is 1. The van der Waals surface area contributed by atoms with Crippen LogP contribution in [0.1, 0.15) is 44.2 Å². The topological polar surface area (TPSA) is 71.3 Å². The first kappa shape index (κ1) is 25.5. The molecule has 1 atom stereocenters. The molecule has 0 radical (unpaired) electrons. The van der Waals surface area contributed by atoms with E-state index in [4.69, 9.17) is 27.6 Å². The van der Waals surface area contributed by atoms with E-state index in [9.17, 15) is 9.59 Å². The summed E-state index contributed by atoms with van der Waals surface area (Å²) in [5.74, 6) is -0.218. The number of ketones is 1. The lowest BCUT2D eigenvalue weighted by atomic mass is 9.88. The lowest BCUT2D eigenvalue weighted by Crippen LogP contribution is -2.36. The first-order valence-electron chi connectivity index (χ1n) is 12.3. The van der Waals surface area contributed by atoms with Crippen LogP contribution in [0.25, 0.3) is 33.2 Å². The summed E-state index contributed by atoms with van der Waals surface area (Å²) < 4.78 is 6.21. The van der Waals surface area contributed by atoms with Crippen LogP contribution in [0.3, 0.4) is 0 Å². The molecule has 0 bridgehead atoms. The third kappa shape index (κ3) is 5.04. The number of anilines is 1. The van der Waals surface area contributed by atoms with Crippen molar-refractivity contribution in [1.82, 2.24) is 5.32 Å². The maximum atomic E-state index is 13.5. The molecule has 190 valence electrons. The number of Topliss-reactive ketones (excluding diaryl/α,β-unsaturated/α-hetero) is 1. The fourth-order valence-electron chi connectivity index (χ4n) is 4.66. The molecule has 0 spiro atoms. The van der Waals surface area contributed by atoms with Gasteiger partial charge in [0.1, 0.15) is 5.58 Å². The van der Waals surface area contributed by atoms with Gasteiger partial charge in [0, 0.05) is 26.4 Å². The Bertz CT molecular complexity index is 1490. The van der Waals surface area contributed by atoms with Gasteiger partial charge in [0.25, 0.3) is 0 Å². The van der Waals surface area contributed by atoms with Gasteiger partial charge in [-0.2, -0.15) is 0 Å². The van der Waals surface area contributed by atoms with Crippen LogP contribution in [-0.4, -0.2) is 24.3 Å². The van der Waals surface area contributed by atoms with Crippen molar-refractivity contribution >= 4 is 51.5 Å². The number of fused-ring (bicyclic) bond motifs is 1. The van der Waals surface area contributed by atoms with E-state index in [2.05, 4.69) is 10.6 Å².